The Balaban J connectivity index is 1.37. The van der Waals surface area contributed by atoms with Crippen LogP contribution < -0.4 is 21.9 Å². The quantitative estimate of drug-likeness (QED) is 0.261. The summed E-state index contributed by atoms with van der Waals surface area (Å²) in [6.07, 6.45) is 3.10. The van der Waals surface area contributed by atoms with Gasteiger partial charge in [0, 0.05) is 11.6 Å². The van der Waals surface area contributed by atoms with Crippen molar-refractivity contribution in [3.05, 3.63) is 115 Å². The first-order chi connectivity index (χ1) is 17.2. The van der Waals surface area contributed by atoms with Gasteiger partial charge in [-0.1, -0.05) is 78.9 Å². The highest BCUT2D eigenvalue weighted by Gasteiger charge is 2.23. The molecule has 0 fully saturated rings. The van der Waals surface area contributed by atoms with Gasteiger partial charge in [-0.2, -0.15) is 0 Å². The van der Waals surface area contributed by atoms with Crippen molar-refractivity contribution in [2.45, 2.75) is 5.92 Å². The SMILES string of the molecule is Nc1c(NNC(=O)C(c2ccccc2)c2ccccc2)ncnc1Nc1cccc2cccnc12. The van der Waals surface area contributed by atoms with E-state index in [0.29, 0.717) is 5.82 Å². The van der Waals surface area contributed by atoms with Crippen LogP contribution in [0.15, 0.2) is 104 Å². The molecule has 3 aromatic carbocycles. The predicted molar refractivity (Wildman–Crippen MR) is 138 cm³/mol. The standard InChI is InChI=1S/C27H23N7O/c28-23-25(32-21-15-7-13-20-14-8-16-29-24(20)21)30-17-31-26(23)33-34-27(35)22(18-9-3-1-4-10-18)19-11-5-2-6-12-19/h1-17,22H,28H2,(H,34,35)(H2,30,31,32,33). The second-order valence-electron chi connectivity index (χ2n) is 7.86. The van der Waals surface area contributed by atoms with Crippen molar-refractivity contribution in [2.75, 3.05) is 16.5 Å². The van der Waals surface area contributed by atoms with Gasteiger partial charge in [-0.3, -0.25) is 20.6 Å². The molecule has 0 unspecified atom stereocenters. The minimum absolute atomic E-state index is 0.242. The number of anilines is 4. The normalized spacial score (nSPS) is 10.8. The number of nitrogens with two attached hydrogens (primary N) is 1. The van der Waals surface area contributed by atoms with Crippen LogP contribution in [0, 0.1) is 0 Å². The van der Waals surface area contributed by atoms with Crippen molar-refractivity contribution < 1.29 is 4.79 Å². The molecule has 2 aromatic heterocycles. The minimum Gasteiger partial charge on any atom is -0.393 e. The number of carbonyl (C=O) groups excluding carboxylic acids is 1. The number of nitrogens with zero attached hydrogens (tertiary/aromatic N) is 3. The molecule has 35 heavy (non-hydrogen) atoms. The summed E-state index contributed by atoms with van der Waals surface area (Å²) < 4.78 is 0. The fourth-order valence-electron chi connectivity index (χ4n) is 3.91. The first-order valence-corrected chi connectivity index (χ1v) is 11.1. The summed E-state index contributed by atoms with van der Waals surface area (Å²) in [5, 5.41) is 4.22. The van der Waals surface area contributed by atoms with E-state index in [4.69, 9.17) is 5.73 Å². The molecule has 0 bridgehead atoms. The fourth-order valence-corrected chi connectivity index (χ4v) is 3.91. The zero-order valence-electron chi connectivity index (χ0n) is 18.7. The average molecular weight is 462 g/mol. The van der Waals surface area contributed by atoms with E-state index in [1.807, 2.05) is 91.0 Å². The number of nitrogens with one attached hydrogen (secondary N) is 3. The van der Waals surface area contributed by atoms with Gasteiger partial charge in [-0.15, -0.1) is 0 Å². The van der Waals surface area contributed by atoms with Gasteiger partial charge in [0.1, 0.15) is 12.0 Å². The van der Waals surface area contributed by atoms with Crippen LogP contribution in [0.25, 0.3) is 10.9 Å². The van der Waals surface area contributed by atoms with Gasteiger partial charge in [-0.25, -0.2) is 9.97 Å². The molecule has 0 aliphatic carbocycles. The summed E-state index contributed by atoms with van der Waals surface area (Å²) in [7, 11) is 0. The molecule has 8 nitrogen and oxygen atoms in total. The van der Waals surface area contributed by atoms with E-state index < -0.39 is 5.92 Å². The molecule has 0 saturated carbocycles. The summed E-state index contributed by atoms with van der Waals surface area (Å²) in [5.41, 5.74) is 15.5. The summed E-state index contributed by atoms with van der Waals surface area (Å²) >= 11 is 0. The van der Waals surface area contributed by atoms with Crippen LogP contribution >= 0.6 is 0 Å². The monoisotopic (exact) mass is 461 g/mol. The molecule has 5 N–H and O–H groups in total. The number of pyridine rings is 1. The fraction of sp³-hybridized carbons (Fsp3) is 0.0370. The van der Waals surface area contributed by atoms with E-state index in [1.54, 1.807) is 6.20 Å². The highest BCUT2D eigenvalue weighted by molar-refractivity contribution is 5.93. The van der Waals surface area contributed by atoms with Gasteiger partial charge in [0.25, 0.3) is 0 Å². The molecule has 172 valence electrons. The smallest absolute Gasteiger partial charge is 0.250 e. The average Bonchev–Trinajstić information content (AvgIpc) is 2.91. The van der Waals surface area contributed by atoms with Crippen LogP contribution in [0.4, 0.5) is 23.0 Å². The molecule has 8 heteroatoms. The highest BCUT2D eigenvalue weighted by atomic mass is 16.2. The predicted octanol–water partition coefficient (Wildman–Crippen LogP) is 4.63. The Morgan fingerprint density at radius 1 is 0.743 bits per heavy atom. The molecular formula is C27H23N7O. The van der Waals surface area contributed by atoms with Crippen molar-refractivity contribution in [1.29, 1.82) is 0 Å². The second-order valence-corrected chi connectivity index (χ2v) is 7.86. The zero-order chi connectivity index (χ0) is 24.0. The maximum Gasteiger partial charge on any atom is 0.250 e. The summed E-state index contributed by atoms with van der Waals surface area (Å²) in [6.45, 7) is 0. The second kappa shape index (κ2) is 9.88. The summed E-state index contributed by atoms with van der Waals surface area (Å²) in [5.74, 6) is -0.0676. The number of carbonyl (C=O) groups is 1. The lowest BCUT2D eigenvalue weighted by Crippen LogP contribution is -2.35. The Morgan fingerprint density at radius 2 is 1.40 bits per heavy atom. The van der Waals surface area contributed by atoms with Crippen LogP contribution in [-0.2, 0) is 4.79 Å². The van der Waals surface area contributed by atoms with E-state index in [9.17, 15) is 4.79 Å². The molecule has 5 rings (SSSR count). The van der Waals surface area contributed by atoms with Crippen molar-refractivity contribution in [1.82, 2.24) is 20.4 Å². The number of fused-ring (bicyclic) bond motifs is 1. The molecule has 5 aromatic rings. The largest absolute Gasteiger partial charge is 0.393 e. The number of rotatable bonds is 7. The molecule has 0 saturated heterocycles. The molecule has 2 heterocycles. The zero-order valence-corrected chi connectivity index (χ0v) is 18.7. The molecule has 0 aliphatic rings. The lowest BCUT2D eigenvalue weighted by atomic mass is 9.91. The highest BCUT2D eigenvalue weighted by Crippen LogP contribution is 2.29. The van der Waals surface area contributed by atoms with E-state index in [1.165, 1.54) is 6.33 Å². The van der Waals surface area contributed by atoms with Gasteiger partial charge < -0.3 is 11.1 Å². The van der Waals surface area contributed by atoms with Crippen LogP contribution in [0.2, 0.25) is 0 Å². The number of benzene rings is 3. The number of hydrogen-bond donors (Lipinski definition) is 4. The molecule has 0 radical (unpaired) electrons. The van der Waals surface area contributed by atoms with Crippen LogP contribution in [0.5, 0.6) is 0 Å². The van der Waals surface area contributed by atoms with Gasteiger partial charge in [0.05, 0.1) is 17.1 Å². The van der Waals surface area contributed by atoms with Crippen molar-refractivity contribution >= 4 is 39.8 Å². The first kappa shape index (κ1) is 21.8. The van der Waals surface area contributed by atoms with E-state index in [2.05, 4.69) is 31.1 Å². The third-order valence-corrected chi connectivity index (χ3v) is 5.60. The van der Waals surface area contributed by atoms with Crippen LogP contribution in [-0.4, -0.2) is 20.9 Å². The summed E-state index contributed by atoms with van der Waals surface area (Å²) in [6, 6.07) is 28.9. The Bertz CT molecular complexity index is 1410. The van der Waals surface area contributed by atoms with Crippen molar-refractivity contribution in [3.63, 3.8) is 0 Å². The maximum atomic E-state index is 13.3. The van der Waals surface area contributed by atoms with E-state index >= 15 is 0 Å². The van der Waals surface area contributed by atoms with Gasteiger partial charge in [0.15, 0.2) is 11.6 Å². The van der Waals surface area contributed by atoms with Crippen molar-refractivity contribution in [2.24, 2.45) is 0 Å². The van der Waals surface area contributed by atoms with E-state index in [0.717, 1.165) is 27.7 Å². The Kier molecular flexibility index (Phi) is 6.17. The third-order valence-electron chi connectivity index (χ3n) is 5.60. The number of hydrogen-bond acceptors (Lipinski definition) is 7. The van der Waals surface area contributed by atoms with Crippen molar-refractivity contribution in [3.8, 4) is 0 Å². The van der Waals surface area contributed by atoms with Gasteiger partial charge in [-0.05, 0) is 23.3 Å². The summed E-state index contributed by atoms with van der Waals surface area (Å²) in [4.78, 5) is 26.2. The van der Waals surface area contributed by atoms with E-state index in [-0.39, 0.29) is 17.4 Å². The Labute approximate surface area is 202 Å². The Morgan fingerprint density at radius 3 is 2.11 bits per heavy atom. The molecule has 0 aliphatic heterocycles. The lowest BCUT2D eigenvalue weighted by molar-refractivity contribution is -0.121. The maximum absolute atomic E-state index is 13.3. The third kappa shape index (κ3) is 4.72. The first-order valence-electron chi connectivity index (χ1n) is 11.1. The molecule has 0 atom stereocenters. The number of hydrazine groups is 1. The van der Waals surface area contributed by atoms with Crippen LogP contribution in [0.3, 0.4) is 0 Å². The van der Waals surface area contributed by atoms with Crippen LogP contribution in [0.1, 0.15) is 17.0 Å². The molecule has 1 amide bonds. The Hall–Kier alpha value is -4.98. The minimum atomic E-state index is -0.507. The topological polar surface area (TPSA) is 118 Å². The molecular weight excluding hydrogens is 438 g/mol. The number of para-hydroxylation sites is 1. The molecule has 0 spiro atoms. The number of nitrogen functional groups attached to an aromatic ring is 1. The van der Waals surface area contributed by atoms with Gasteiger partial charge >= 0.3 is 0 Å². The number of amides is 1. The number of aromatic nitrogens is 3. The van der Waals surface area contributed by atoms with Gasteiger partial charge in [0.2, 0.25) is 5.91 Å². The lowest BCUT2D eigenvalue weighted by Gasteiger charge is -2.19.